The van der Waals surface area contributed by atoms with Crippen molar-refractivity contribution in [1.29, 1.82) is 0 Å². The Labute approximate surface area is 121 Å². The molecule has 100 valence electrons. The second kappa shape index (κ2) is 5.81. The molecule has 0 aromatic heterocycles. The molecule has 2 aromatic carbocycles. The Kier molecular flexibility index (Phi) is 4.33. The van der Waals surface area contributed by atoms with Crippen molar-refractivity contribution in [2.24, 2.45) is 0 Å². The first kappa shape index (κ1) is 14.2. The summed E-state index contributed by atoms with van der Waals surface area (Å²) in [7, 11) is 1.49. The summed E-state index contributed by atoms with van der Waals surface area (Å²) in [5.41, 5.74) is 2.17. The Morgan fingerprint density at radius 2 is 1.89 bits per heavy atom. The lowest BCUT2D eigenvalue weighted by molar-refractivity contribution is 0.410. The number of halogens is 3. The molecule has 0 saturated carbocycles. The lowest BCUT2D eigenvalue weighted by atomic mass is 10.0. The van der Waals surface area contributed by atoms with Crippen LogP contribution in [0.5, 0.6) is 5.75 Å². The molecule has 0 aliphatic carbocycles. The molecule has 2 rings (SSSR count). The van der Waals surface area contributed by atoms with Gasteiger partial charge in [-0.3, -0.25) is 0 Å². The van der Waals surface area contributed by atoms with E-state index in [2.05, 4.69) is 0 Å². The molecule has 0 amide bonds. The fourth-order valence-corrected chi connectivity index (χ4v) is 2.53. The van der Waals surface area contributed by atoms with E-state index < -0.39 is 11.2 Å². The summed E-state index contributed by atoms with van der Waals surface area (Å²) in [6, 6.07) is 10.1. The van der Waals surface area contributed by atoms with E-state index in [9.17, 15) is 4.39 Å². The van der Waals surface area contributed by atoms with E-state index in [1.165, 1.54) is 13.2 Å². The Morgan fingerprint density at radius 1 is 1.16 bits per heavy atom. The van der Waals surface area contributed by atoms with E-state index in [4.69, 9.17) is 27.9 Å². The lowest BCUT2D eigenvalue weighted by Crippen LogP contribution is -1.98. The maximum atomic E-state index is 14.0. The van der Waals surface area contributed by atoms with Crippen molar-refractivity contribution in [1.82, 2.24) is 0 Å². The molecule has 1 nitrogen and oxygen atoms in total. The number of hydrogen-bond donors (Lipinski definition) is 0. The maximum Gasteiger partial charge on any atom is 0.131 e. The van der Waals surface area contributed by atoms with Crippen LogP contribution in [0.4, 0.5) is 4.39 Å². The van der Waals surface area contributed by atoms with Crippen LogP contribution in [-0.2, 0) is 0 Å². The summed E-state index contributed by atoms with van der Waals surface area (Å²) in [6.45, 7) is 1.92. The van der Waals surface area contributed by atoms with Crippen molar-refractivity contribution in [2.75, 3.05) is 7.11 Å². The van der Waals surface area contributed by atoms with Gasteiger partial charge in [0.1, 0.15) is 11.6 Å². The molecular weight excluding hydrogens is 286 g/mol. The Hall–Kier alpha value is -1.25. The molecule has 0 saturated heterocycles. The fourth-order valence-electron chi connectivity index (χ4n) is 1.93. The van der Waals surface area contributed by atoms with Crippen molar-refractivity contribution >= 4 is 23.2 Å². The summed E-state index contributed by atoms with van der Waals surface area (Å²) >= 11 is 12.3. The topological polar surface area (TPSA) is 9.23 Å². The van der Waals surface area contributed by atoms with Gasteiger partial charge in [-0.05, 0) is 36.2 Å². The zero-order valence-electron chi connectivity index (χ0n) is 10.6. The van der Waals surface area contributed by atoms with Gasteiger partial charge in [-0.15, -0.1) is 11.6 Å². The van der Waals surface area contributed by atoms with Crippen LogP contribution < -0.4 is 4.74 Å². The minimum atomic E-state index is -0.580. The van der Waals surface area contributed by atoms with E-state index in [-0.39, 0.29) is 0 Å². The van der Waals surface area contributed by atoms with Gasteiger partial charge in [0.2, 0.25) is 0 Å². The second-order valence-electron chi connectivity index (χ2n) is 4.31. The third kappa shape index (κ3) is 3.20. The van der Waals surface area contributed by atoms with Crippen molar-refractivity contribution in [3.05, 3.63) is 63.9 Å². The number of methoxy groups -OCH3 is 1. The SMILES string of the molecule is COc1ccc(C(Cl)c2cc(C)cc(Cl)c2)c(F)c1. The molecule has 1 atom stereocenters. The normalized spacial score (nSPS) is 12.3. The standard InChI is InChI=1S/C15H13Cl2FO/c1-9-5-10(7-11(16)6-9)15(17)13-4-3-12(19-2)8-14(13)18/h3-8,15H,1-2H3. The summed E-state index contributed by atoms with van der Waals surface area (Å²) < 4.78 is 18.9. The van der Waals surface area contributed by atoms with E-state index in [1.54, 1.807) is 18.2 Å². The lowest BCUT2D eigenvalue weighted by Gasteiger charge is -2.13. The van der Waals surface area contributed by atoms with Gasteiger partial charge < -0.3 is 4.74 Å². The number of rotatable bonds is 3. The molecule has 4 heteroatoms. The van der Waals surface area contributed by atoms with Gasteiger partial charge in [0.05, 0.1) is 12.5 Å². The van der Waals surface area contributed by atoms with E-state index >= 15 is 0 Å². The van der Waals surface area contributed by atoms with Crippen molar-refractivity contribution in [3.63, 3.8) is 0 Å². The van der Waals surface area contributed by atoms with Gasteiger partial charge in [0.25, 0.3) is 0 Å². The Morgan fingerprint density at radius 3 is 2.47 bits per heavy atom. The van der Waals surface area contributed by atoms with E-state index in [0.717, 1.165) is 11.1 Å². The molecule has 1 unspecified atom stereocenters. The molecule has 0 radical (unpaired) electrons. The summed E-state index contributed by atoms with van der Waals surface area (Å²) in [4.78, 5) is 0. The smallest absolute Gasteiger partial charge is 0.131 e. The van der Waals surface area contributed by atoms with Crippen LogP contribution in [0, 0.1) is 12.7 Å². The number of alkyl halides is 1. The van der Waals surface area contributed by atoms with Crippen LogP contribution in [0.15, 0.2) is 36.4 Å². The van der Waals surface area contributed by atoms with Gasteiger partial charge in [-0.25, -0.2) is 4.39 Å². The van der Waals surface area contributed by atoms with Gasteiger partial charge in [-0.2, -0.15) is 0 Å². The predicted molar refractivity (Wildman–Crippen MR) is 76.8 cm³/mol. The van der Waals surface area contributed by atoms with Crippen molar-refractivity contribution in [3.8, 4) is 5.75 Å². The maximum absolute atomic E-state index is 14.0. The number of aryl methyl sites for hydroxylation is 1. The first-order valence-electron chi connectivity index (χ1n) is 5.76. The average Bonchev–Trinajstić information content (AvgIpc) is 2.36. The first-order valence-corrected chi connectivity index (χ1v) is 6.57. The molecule has 0 fully saturated rings. The monoisotopic (exact) mass is 298 g/mol. The van der Waals surface area contributed by atoms with Crippen LogP contribution in [0.2, 0.25) is 5.02 Å². The average molecular weight is 299 g/mol. The molecule has 0 bridgehead atoms. The molecular formula is C15H13Cl2FO. The molecule has 2 aromatic rings. The van der Waals surface area contributed by atoms with Gasteiger partial charge in [-0.1, -0.05) is 23.7 Å². The third-order valence-corrected chi connectivity index (χ3v) is 3.54. The zero-order valence-corrected chi connectivity index (χ0v) is 12.1. The quantitative estimate of drug-likeness (QED) is 0.714. The van der Waals surface area contributed by atoms with Crippen LogP contribution >= 0.6 is 23.2 Å². The highest BCUT2D eigenvalue weighted by Crippen LogP contribution is 2.33. The fraction of sp³-hybridized carbons (Fsp3) is 0.200. The van der Waals surface area contributed by atoms with Crippen LogP contribution in [0.3, 0.4) is 0 Å². The van der Waals surface area contributed by atoms with Gasteiger partial charge >= 0.3 is 0 Å². The zero-order chi connectivity index (χ0) is 14.0. The first-order chi connectivity index (χ1) is 9.01. The third-order valence-electron chi connectivity index (χ3n) is 2.84. The molecule has 0 aliphatic heterocycles. The molecule has 0 aliphatic rings. The van der Waals surface area contributed by atoms with Gasteiger partial charge in [0.15, 0.2) is 0 Å². The number of ether oxygens (including phenoxy) is 1. The number of benzene rings is 2. The largest absolute Gasteiger partial charge is 0.497 e. The van der Waals surface area contributed by atoms with Gasteiger partial charge in [0, 0.05) is 16.7 Å². The predicted octanol–water partition coefficient (Wildman–Crippen LogP) is 5.12. The Balaban J connectivity index is 2.40. The van der Waals surface area contributed by atoms with E-state index in [1.807, 2.05) is 19.1 Å². The number of hydrogen-bond acceptors (Lipinski definition) is 1. The van der Waals surface area contributed by atoms with E-state index in [0.29, 0.717) is 16.3 Å². The highest BCUT2D eigenvalue weighted by Gasteiger charge is 2.16. The molecule has 19 heavy (non-hydrogen) atoms. The summed E-state index contributed by atoms with van der Waals surface area (Å²) in [6.07, 6.45) is 0. The summed E-state index contributed by atoms with van der Waals surface area (Å²) in [5.74, 6) is 0.0735. The highest BCUT2D eigenvalue weighted by atomic mass is 35.5. The second-order valence-corrected chi connectivity index (χ2v) is 5.18. The van der Waals surface area contributed by atoms with Crippen molar-refractivity contribution < 1.29 is 9.13 Å². The minimum Gasteiger partial charge on any atom is -0.497 e. The minimum absolute atomic E-state index is 0.392. The molecule has 0 heterocycles. The molecule has 0 N–H and O–H groups in total. The Bertz CT molecular complexity index is 578. The van der Waals surface area contributed by atoms with Crippen LogP contribution in [-0.4, -0.2) is 7.11 Å². The highest BCUT2D eigenvalue weighted by molar-refractivity contribution is 6.31. The molecule has 0 spiro atoms. The van der Waals surface area contributed by atoms with Crippen LogP contribution in [0.25, 0.3) is 0 Å². The summed E-state index contributed by atoms with van der Waals surface area (Å²) in [5, 5.41) is 0.0119. The van der Waals surface area contributed by atoms with Crippen LogP contribution in [0.1, 0.15) is 22.1 Å². The van der Waals surface area contributed by atoms with Crippen molar-refractivity contribution in [2.45, 2.75) is 12.3 Å².